The standard InChI is InChI=1S/C14H14ClN3O2/c1-16-9-5-6-17-12(7-9)14(19)18-10-3-4-11(15)13(8-10)20-2/h3-8H,1-2H3,(H,16,17)(H,18,19). The topological polar surface area (TPSA) is 63.2 Å². The summed E-state index contributed by atoms with van der Waals surface area (Å²) in [6.07, 6.45) is 1.57. The van der Waals surface area contributed by atoms with Crippen LogP contribution in [0.5, 0.6) is 5.75 Å². The lowest BCUT2D eigenvalue weighted by molar-refractivity contribution is 0.102. The van der Waals surface area contributed by atoms with Crippen LogP contribution in [0.3, 0.4) is 0 Å². The zero-order valence-electron chi connectivity index (χ0n) is 11.1. The number of pyridine rings is 1. The molecular weight excluding hydrogens is 278 g/mol. The van der Waals surface area contributed by atoms with Gasteiger partial charge in [0.15, 0.2) is 0 Å². The molecule has 0 spiro atoms. The normalized spacial score (nSPS) is 9.95. The fourth-order valence-electron chi connectivity index (χ4n) is 1.64. The number of carbonyl (C=O) groups excluding carboxylic acids is 1. The molecule has 0 saturated carbocycles. The first-order valence-electron chi connectivity index (χ1n) is 5.92. The molecule has 5 nitrogen and oxygen atoms in total. The number of benzene rings is 1. The maximum Gasteiger partial charge on any atom is 0.274 e. The van der Waals surface area contributed by atoms with Crippen molar-refractivity contribution in [3.63, 3.8) is 0 Å². The van der Waals surface area contributed by atoms with Crippen molar-refractivity contribution in [3.8, 4) is 5.75 Å². The maximum atomic E-state index is 12.1. The number of hydrogen-bond acceptors (Lipinski definition) is 4. The van der Waals surface area contributed by atoms with E-state index in [4.69, 9.17) is 16.3 Å². The first-order chi connectivity index (χ1) is 9.63. The summed E-state index contributed by atoms with van der Waals surface area (Å²) < 4.78 is 5.10. The number of halogens is 1. The molecule has 0 saturated heterocycles. The number of carbonyl (C=O) groups is 1. The molecule has 2 N–H and O–H groups in total. The van der Waals surface area contributed by atoms with Crippen molar-refractivity contribution in [2.24, 2.45) is 0 Å². The van der Waals surface area contributed by atoms with Crippen LogP contribution in [0.4, 0.5) is 11.4 Å². The summed E-state index contributed by atoms with van der Waals surface area (Å²) in [7, 11) is 3.30. The third-order valence-electron chi connectivity index (χ3n) is 2.69. The fourth-order valence-corrected chi connectivity index (χ4v) is 1.84. The van der Waals surface area contributed by atoms with Gasteiger partial charge in [0.2, 0.25) is 0 Å². The SMILES string of the molecule is CNc1ccnc(C(=O)Nc2ccc(Cl)c(OC)c2)c1. The van der Waals surface area contributed by atoms with Crippen LogP contribution in [0.1, 0.15) is 10.5 Å². The number of rotatable bonds is 4. The third-order valence-corrected chi connectivity index (χ3v) is 3.00. The monoisotopic (exact) mass is 291 g/mol. The van der Waals surface area contributed by atoms with Gasteiger partial charge in [0.1, 0.15) is 11.4 Å². The van der Waals surface area contributed by atoms with E-state index < -0.39 is 0 Å². The Hall–Kier alpha value is -2.27. The lowest BCUT2D eigenvalue weighted by Gasteiger charge is -2.08. The smallest absolute Gasteiger partial charge is 0.274 e. The van der Waals surface area contributed by atoms with Crippen LogP contribution in [0, 0.1) is 0 Å². The van der Waals surface area contributed by atoms with Gasteiger partial charge < -0.3 is 15.4 Å². The van der Waals surface area contributed by atoms with E-state index in [1.54, 1.807) is 43.6 Å². The van der Waals surface area contributed by atoms with E-state index >= 15 is 0 Å². The number of anilines is 2. The summed E-state index contributed by atoms with van der Waals surface area (Å²) in [6.45, 7) is 0. The van der Waals surface area contributed by atoms with Crippen LogP contribution >= 0.6 is 11.6 Å². The van der Waals surface area contributed by atoms with Gasteiger partial charge in [0, 0.05) is 30.7 Å². The minimum absolute atomic E-state index is 0.300. The van der Waals surface area contributed by atoms with Gasteiger partial charge in [-0.2, -0.15) is 0 Å². The lowest BCUT2D eigenvalue weighted by Crippen LogP contribution is -2.13. The largest absolute Gasteiger partial charge is 0.495 e. The van der Waals surface area contributed by atoms with Gasteiger partial charge in [-0.25, -0.2) is 0 Å². The second kappa shape index (κ2) is 6.25. The van der Waals surface area contributed by atoms with Gasteiger partial charge in [-0.05, 0) is 24.3 Å². The summed E-state index contributed by atoms with van der Waals surface area (Å²) in [4.78, 5) is 16.1. The minimum Gasteiger partial charge on any atom is -0.495 e. The van der Waals surface area contributed by atoms with Crippen LogP contribution in [0.15, 0.2) is 36.5 Å². The highest BCUT2D eigenvalue weighted by Crippen LogP contribution is 2.27. The van der Waals surface area contributed by atoms with Gasteiger partial charge in [-0.1, -0.05) is 11.6 Å². The molecule has 0 bridgehead atoms. The van der Waals surface area contributed by atoms with Gasteiger partial charge in [-0.3, -0.25) is 9.78 Å². The van der Waals surface area contributed by atoms with Crippen molar-refractivity contribution in [2.45, 2.75) is 0 Å². The number of amides is 1. The number of aromatic nitrogens is 1. The molecule has 104 valence electrons. The summed E-state index contributed by atoms with van der Waals surface area (Å²) in [5, 5.41) is 6.18. The van der Waals surface area contributed by atoms with Crippen molar-refractivity contribution < 1.29 is 9.53 Å². The first-order valence-corrected chi connectivity index (χ1v) is 6.30. The quantitative estimate of drug-likeness (QED) is 0.909. The van der Waals surface area contributed by atoms with Gasteiger partial charge in [0.25, 0.3) is 5.91 Å². The van der Waals surface area contributed by atoms with Gasteiger partial charge >= 0.3 is 0 Å². The highest BCUT2D eigenvalue weighted by Gasteiger charge is 2.09. The van der Waals surface area contributed by atoms with Crippen molar-refractivity contribution in [3.05, 3.63) is 47.2 Å². The van der Waals surface area contributed by atoms with Crippen molar-refractivity contribution in [1.82, 2.24) is 4.98 Å². The van der Waals surface area contributed by atoms with E-state index in [0.717, 1.165) is 5.69 Å². The molecular formula is C14H14ClN3O2. The fraction of sp³-hybridized carbons (Fsp3) is 0.143. The van der Waals surface area contributed by atoms with Gasteiger partial charge in [0.05, 0.1) is 12.1 Å². The molecule has 1 amide bonds. The van der Waals surface area contributed by atoms with E-state index in [-0.39, 0.29) is 5.91 Å². The predicted molar refractivity (Wildman–Crippen MR) is 79.7 cm³/mol. The highest BCUT2D eigenvalue weighted by atomic mass is 35.5. The molecule has 1 aromatic heterocycles. The second-order valence-electron chi connectivity index (χ2n) is 3.98. The Labute approximate surface area is 121 Å². The Bertz CT molecular complexity index is 632. The van der Waals surface area contributed by atoms with Crippen molar-refractivity contribution in [2.75, 3.05) is 24.8 Å². The summed E-state index contributed by atoms with van der Waals surface area (Å²) in [5.74, 6) is 0.202. The summed E-state index contributed by atoms with van der Waals surface area (Å²) in [5.41, 5.74) is 1.73. The number of nitrogens with zero attached hydrogens (tertiary/aromatic N) is 1. The molecule has 0 aliphatic rings. The number of methoxy groups -OCH3 is 1. The molecule has 20 heavy (non-hydrogen) atoms. The highest BCUT2D eigenvalue weighted by molar-refractivity contribution is 6.32. The predicted octanol–water partition coefficient (Wildman–Crippen LogP) is 3.04. The molecule has 6 heteroatoms. The molecule has 0 aliphatic heterocycles. The Morgan fingerprint density at radius 1 is 1.25 bits per heavy atom. The van der Waals surface area contributed by atoms with Crippen LogP contribution in [0.2, 0.25) is 5.02 Å². The molecule has 1 aromatic carbocycles. The minimum atomic E-state index is -0.300. The van der Waals surface area contributed by atoms with E-state index in [0.29, 0.717) is 22.2 Å². The van der Waals surface area contributed by atoms with Crippen LogP contribution < -0.4 is 15.4 Å². The van der Waals surface area contributed by atoms with Crippen LogP contribution in [-0.4, -0.2) is 25.0 Å². The molecule has 0 fully saturated rings. The Kier molecular flexibility index (Phi) is 4.42. The van der Waals surface area contributed by atoms with Gasteiger partial charge in [-0.15, -0.1) is 0 Å². The average molecular weight is 292 g/mol. The lowest BCUT2D eigenvalue weighted by atomic mass is 10.2. The summed E-state index contributed by atoms with van der Waals surface area (Å²) >= 11 is 5.93. The summed E-state index contributed by atoms with van der Waals surface area (Å²) in [6, 6.07) is 8.46. The number of nitrogens with one attached hydrogen (secondary N) is 2. The Morgan fingerprint density at radius 2 is 2.05 bits per heavy atom. The molecule has 2 aromatic rings. The molecule has 0 unspecified atom stereocenters. The van der Waals surface area contributed by atoms with Crippen molar-refractivity contribution >= 4 is 28.9 Å². The zero-order chi connectivity index (χ0) is 14.5. The van der Waals surface area contributed by atoms with E-state index in [1.165, 1.54) is 7.11 Å². The van der Waals surface area contributed by atoms with Crippen LogP contribution in [0.25, 0.3) is 0 Å². The Balaban J connectivity index is 2.18. The van der Waals surface area contributed by atoms with E-state index in [9.17, 15) is 4.79 Å². The van der Waals surface area contributed by atoms with Crippen LogP contribution in [-0.2, 0) is 0 Å². The van der Waals surface area contributed by atoms with Crippen molar-refractivity contribution in [1.29, 1.82) is 0 Å². The molecule has 0 aliphatic carbocycles. The second-order valence-corrected chi connectivity index (χ2v) is 4.39. The molecule has 1 heterocycles. The average Bonchev–Trinajstić information content (AvgIpc) is 2.49. The molecule has 0 radical (unpaired) electrons. The number of ether oxygens (including phenoxy) is 1. The number of hydrogen-bond donors (Lipinski definition) is 2. The zero-order valence-corrected chi connectivity index (χ0v) is 11.9. The molecule has 2 rings (SSSR count). The third kappa shape index (κ3) is 3.19. The van der Waals surface area contributed by atoms with E-state index in [1.807, 2.05) is 0 Å². The van der Waals surface area contributed by atoms with E-state index in [2.05, 4.69) is 15.6 Å². The first kappa shape index (κ1) is 14.1. The molecule has 0 atom stereocenters. The maximum absolute atomic E-state index is 12.1. The Morgan fingerprint density at radius 3 is 2.75 bits per heavy atom.